The van der Waals surface area contributed by atoms with Gasteiger partial charge in [-0.05, 0) is 13.3 Å². The van der Waals surface area contributed by atoms with Gasteiger partial charge >= 0.3 is 12.1 Å². The van der Waals surface area contributed by atoms with Gasteiger partial charge in [-0.25, -0.2) is 9.59 Å². The molecule has 0 aliphatic rings. The van der Waals surface area contributed by atoms with E-state index in [0.717, 1.165) is 0 Å². The van der Waals surface area contributed by atoms with Crippen LogP contribution in [0.2, 0.25) is 0 Å². The molecule has 0 bridgehead atoms. The number of rotatable bonds is 7. The van der Waals surface area contributed by atoms with Gasteiger partial charge in [0.25, 0.3) is 0 Å². The quantitative estimate of drug-likeness (QED) is 0.627. The topological polar surface area (TPSA) is 92.7 Å². The van der Waals surface area contributed by atoms with Crippen molar-refractivity contribution in [1.82, 2.24) is 5.32 Å². The van der Waals surface area contributed by atoms with E-state index in [-0.39, 0.29) is 25.2 Å². The number of carboxylic acid groups (broad SMARTS) is 1. The van der Waals surface area contributed by atoms with Crippen LogP contribution in [0.5, 0.6) is 0 Å². The second kappa shape index (κ2) is 7.44. The summed E-state index contributed by atoms with van der Waals surface area (Å²) in [6.07, 6.45) is 0.674. The van der Waals surface area contributed by atoms with Crippen LogP contribution in [0, 0.1) is 0 Å². The third-order valence-corrected chi connectivity index (χ3v) is 1.71. The molecule has 1 atom stereocenters. The Balaban J connectivity index is 4.11. The monoisotopic (exact) mass is 229 g/mol. The Kier molecular flexibility index (Phi) is 6.58. The number of aliphatic carboxylic acids is 1. The Labute approximate surface area is 93.3 Å². The first-order valence-electron chi connectivity index (χ1n) is 4.73. The van der Waals surface area contributed by atoms with Gasteiger partial charge in [0, 0.05) is 6.42 Å². The number of carbonyl (C=O) groups is 3. The Hall–Kier alpha value is -1.85. The third-order valence-electron chi connectivity index (χ3n) is 1.71. The summed E-state index contributed by atoms with van der Waals surface area (Å²) < 4.78 is 4.56. The normalized spacial score (nSPS) is 11.3. The van der Waals surface area contributed by atoms with E-state index in [1.165, 1.54) is 13.0 Å². The van der Waals surface area contributed by atoms with Crippen molar-refractivity contribution >= 4 is 17.8 Å². The summed E-state index contributed by atoms with van der Waals surface area (Å²) in [7, 11) is 0. The molecule has 0 saturated carbocycles. The highest BCUT2D eigenvalue weighted by atomic mass is 16.5. The zero-order valence-corrected chi connectivity index (χ0v) is 9.06. The Morgan fingerprint density at radius 2 is 2.12 bits per heavy atom. The molecule has 6 heteroatoms. The number of carbonyl (C=O) groups excluding carboxylic acids is 2. The molecule has 0 radical (unpaired) electrons. The van der Waals surface area contributed by atoms with Gasteiger partial charge in [0.05, 0.1) is 0 Å². The van der Waals surface area contributed by atoms with Crippen molar-refractivity contribution in [3.05, 3.63) is 12.7 Å². The lowest BCUT2D eigenvalue weighted by atomic mass is 10.1. The molecule has 0 aromatic rings. The summed E-state index contributed by atoms with van der Waals surface area (Å²) in [6.45, 7) is 4.70. The molecule has 1 unspecified atom stereocenters. The van der Waals surface area contributed by atoms with Crippen LogP contribution in [-0.4, -0.2) is 35.6 Å². The van der Waals surface area contributed by atoms with Gasteiger partial charge in [-0.15, -0.1) is 0 Å². The number of carboxylic acids is 1. The van der Waals surface area contributed by atoms with Crippen molar-refractivity contribution in [3.63, 3.8) is 0 Å². The number of nitrogens with one attached hydrogen (secondary N) is 1. The number of hydrogen-bond acceptors (Lipinski definition) is 4. The van der Waals surface area contributed by atoms with Gasteiger partial charge in [-0.3, -0.25) is 0 Å². The van der Waals surface area contributed by atoms with E-state index in [4.69, 9.17) is 5.11 Å². The van der Waals surface area contributed by atoms with Crippen LogP contribution in [0.15, 0.2) is 12.7 Å². The van der Waals surface area contributed by atoms with Gasteiger partial charge in [-0.1, -0.05) is 12.7 Å². The number of Topliss-reactive ketones (excluding diaryl/α,β-unsaturated/α-hetero) is 1. The number of alkyl carbamates (subject to hydrolysis) is 1. The first kappa shape index (κ1) is 14.2. The van der Waals surface area contributed by atoms with Crippen molar-refractivity contribution in [2.45, 2.75) is 25.8 Å². The highest BCUT2D eigenvalue weighted by molar-refractivity contribution is 5.81. The van der Waals surface area contributed by atoms with Crippen LogP contribution in [-0.2, 0) is 14.3 Å². The summed E-state index contributed by atoms with van der Waals surface area (Å²) >= 11 is 0. The molecule has 0 aromatic carbocycles. The maximum absolute atomic E-state index is 11.0. The smallest absolute Gasteiger partial charge is 0.408 e. The fourth-order valence-electron chi connectivity index (χ4n) is 0.924. The molecular weight excluding hydrogens is 214 g/mol. The zero-order chi connectivity index (χ0) is 12.6. The van der Waals surface area contributed by atoms with Crippen LogP contribution in [0.1, 0.15) is 19.8 Å². The molecule has 0 rings (SSSR count). The second-order valence-corrected chi connectivity index (χ2v) is 3.16. The summed E-state index contributed by atoms with van der Waals surface area (Å²) in [6, 6.07) is -1.11. The van der Waals surface area contributed by atoms with Crippen LogP contribution < -0.4 is 5.32 Å². The maximum Gasteiger partial charge on any atom is 0.408 e. The summed E-state index contributed by atoms with van der Waals surface area (Å²) in [4.78, 5) is 32.4. The van der Waals surface area contributed by atoms with Crippen molar-refractivity contribution in [3.8, 4) is 0 Å². The average Bonchev–Trinajstić information content (AvgIpc) is 2.20. The molecule has 1 amide bonds. The van der Waals surface area contributed by atoms with Crippen LogP contribution in [0.3, 0.4) is 0 Å². The van der Waals surface area contributed by atoms with Crippen molar-refractivity contribution in [1.29, 1.82) is 0 Å². The minimum Gasteiger partial charge on any atom is -0.480 e. The minimum absolute atomic E-state index is 0.00484. The van der Waals surface area contributed by atoms with Crippen molar-refractivity contribution in [2.75, 3.05) is 6.61 Å². The molecule has 2 N–H and O–H groups in total. The minimum atomic E-state index is -1.20. The maximum atomic E-state index is 11.0. The molecule has 0 fully saturated rings. The molecule has 0 heterocycles. The predicted octanol–water partition coefficient (Wildman–Crippen LogP) is 0.721. The van der Waals surface area contributed by atoms with Crippen molar-refractivity contribution < 1.29 is 24.2 Å². The second-order valence-electron chi connectivity index (χ2n) is 3.16. The van der Waals surface area contributed by atoms with E-state index in [9.17, 15) is 14.4 Å². The fraction of sp³-hybridized carbons (Fsp3) is 0.500. The van der Waals surface area contributed by atoms with Crippen LogP contribution in [0.4, 0.5) is 4.79 Å². The molecule has 0 aromatic heterocycles. The lowest BCUT2D eigenvalue weighted by Gasteiger charge is -2.13. The number of hydrogen-bond donors (Lipinski definition) is 2. The molecule has 6 nitrogen and oxygen atoms in total. The predicted molar refractivity (Wildman–Crippen MR) is 56.0 cm³/mol. The standard InChI is InChI=1S/C10H15NO5/c1-3-6-16-10(15)11-8(9(13)14)5-4-7(2)12/h3,8H,1,4-6H2,2H3,(H,11,15)(H,13,14). The fourth-order valence-corrected chi connectivity index (χ4v) is 0.924. The van der Waals surface area contributed by atoms with E-state index >= 15 is 0 Å². The van der Waals surface area contributed by atoms with E-state index in [0.29, 0.717) is 0 Å². The van der Waals surface area contributed by atoms with Gasteiger partial charge in [0.2, 0.25) is 0 Å². The molecule has 90 valence electrons. The average molecular weight is 229 g/mol. The molecule has 0 aliphatic carbocycles. The van der Waals surface area contributed by atoms with E-state index in [2.05, 4.69) is 16.6 Å². The lowest BCUT2D eigenvalue weighted by Crippen LogP contribution is -2.41. The van der Waals surface area contributed by atoms with E-state index in [1.54, 1.807) is 0 Å². The van der Waals surface area contributed by atoms with Gasteiger partial charge in [0.15, 0.2) is 0 Å². The van der Waals surface area contributed by atoms with Crippen LogP contribution >= 0.6 is 0 Å². The highest BCUT2D eigenvalue weighted by Gasteiger charge is 2.20. The SMILES string of the molecule is C=CCOC(=O)NC(CCC(C)=O)C(=O)O. The third kappa shape index (κ3) is 6.58. The summed E-state index contributed by atoms with van der Waals surface area (Å²) in [5, 5.41) is 10.9. The molecule has 0 spiro atoms. The molecule has 16 heavy (non-hydrogen) atoms. The summed E-state index contributed by atoms with van der Waals surface area (Å²) in [5.74, 6) is -1.33. The number of ketones is 1. The number of amides is 1. The Morgan fingerprint density at radius 3 is 2.56 bits per heavy atom. The van der Waals surface area contributed by atoms with Crippen molar-refractivity contribution in [2.24, 2.45) is 0 Å². The zero-order valence-electron chi connectivity index (χ0n) is 9.06. The molecule has 0 saturated heterocycles. The molecular formula is C10H15NO5. The highest BCUT2D eigenvalue weighted by Crippen LogP contribution is 1.99. The largest absolute Gasteiger partial charge is 0.480 e. The Morgan fingerprint density at radius 1 is 1.50 bits per heavy atom. The number of ether oxygens (including phenoxy) is 1. The van der Waals surface area contributed by atoms with Crippen LogP contribution in [0.25, 0.3) is 0 Å². The van der Waals surface area contributed by atoms with Gasteiger partial charge in [-0.2, -0.15) is 0 Å². The lowest BCUT2D eigenvalue weighted by molar-refractivity contribution is -0.139. The van der Waals surface area contributed by atoms with Gasteiger partial charge in [0.1, 0.15) is 18.4 Å². The first-order chi connectivity index (χ1) is 7.47. The van der Waals surface area contributed by atoms with E-state index in [1.807, 2.05) is 0 Å². The first-order valence-corrected chi connectivity index (χ1v) is 4.73. The Bertz CT molecular complexity index is 287. The van der Waals surface area contributed by atoms with E-state index < -0.39 is 18.1 Å². The summed E-state index contributed by atoms with van der Waals surface area (Å²) in [5.41, 5.74) is 0. The van der Waals surface area contributed by atoms with Gasteiger partial charge < -0.3 is 20.0 Å². The molecule has 0 aliphatic heterocycles.